The van der Waals surface area contributed by atoms with Gasteiger partial charge in [-0.2, -0.15) is 0 Å². The third kappa shape index (κ3) is 6.05. The number of benzene rings is 1. The number of halogens is 2. The quantitative estimate of drug-likeness (QED) is 0.740. The van der Waals surface area contributed by atoms with Crippen LogP contribution in [-0.4, -0.2) is 74.3 Å². The minimum atomic E-state index is -0.576. The first kappa shape index (κ1) is 22.4. The van der Waals surface area contributed by atoms with Crippen LogP contribution in [0, 0.1) is 5.82 Å². The van der Waals surface area contributed by atoms with Crippen LogP contribution in [0.4, 0.5) is 9.18 Å². The van der Waals surface area contributed by atoms with Gasteiger partial charge in [0, 0.05) is 37.3 Å². The van der Waals surface area contributed by atoms with Crippen LogP contribution in [0.25, 0.3) is 0 Å². The van der Waals surface area contributed by atoms with Gasteiger partial charge in [-0.15, -0.1) is 0 Å². The predicted octanol–water partition coefficient (Wildman–Crippen LogP) is 2.45. The second-order valence-corrected chi connectivity index (χ2v) is 7.09. The van der Waals surface area contributed by atoms with Gasteiger partial charge >= 0.3 is 6.09 Å². The van der Waals surface area contributed by atoms with Crippen molar-refractivity contribution in [3.8, 4) is 0 Å². The van der Waals surface area contributed by atoms with Gasteiger partial charge in [-0.3, -0.25) is 9.69 Å². The topological polar surface area (TPSA) is 71.1 Å². The monoisotopic (exact) mass is 415 g/mol. The highest BCUT2D eigenvalue weighted by Gasteiger charge is 2.29. The van der Waals surface area contributed by atoms with Crippen LogP contribution in [-0.2, 0) is 14.3 Å². The van der Waals surface area contributed by atoms with Gasteiger partial charge in [0.25, 0.3) is 0 Å². The Bertz CT molecular complexity index is 671. The minimum absolute atomic E-state index is 0.00699. The fourth-order valence-corrected chi connectivity index (χ4v) is 3.44. The third-order valence-corrected chi connectivity index (χ3v) is 4.83. The van der Waals surface area contributed by atoms with Crippen molar-refractivity contribution < 1.29 is 23.5 Å². The zero-order chi connectivity index (χ0) is 20.7. The molecule has 7 nitrogen and oxygen atoms in total. The number of ether oxygens (including phenoxy) is 2. The number of carbonyl (C=O) groups excluding carboxylic acids is 2. The molecule has 0 unspecified atom stereocenters. The predicted molar refractivity (Wildman–Crippen MR) is 104 cm³/mol. The molecule has 0 aromatic heterocycles. The number of hydrogen-bond donors (Lipinski definition) is 1. The lowest BCUT2D eigenvalue weighted by atomic mass is 10.0. The smallest absolute Gasteiger partial charge is 0.409 e. The number of rotatable bonds is 7. The molecule has 1 heterocycles. The average Bonchev–Trinajstić information content (AvgIpc) is 2.64. The van der Waals surface area contributed by atoms with Crippen molar-refractivity contribution in [1.29, 1.82) is 0 Å². The molecule has 1 aromatic rings. The molecule has 0 radical (unpaired) electrons. The summed E-state index contributed by atoms with van der Waals surface area (Å²) in [4.78, 5) is 27.2. The number of carbonyl (C=O) groups is 2. The summed E-state index contributed by atoms with van der Waals surface area (Å²) in [5.74, 6) is -0.788. The van der Waals surface area contributed by atoms with Crippen LogP contribution in [0.2, 0.25) is 5.02 Å². The van der Waals surface area contributed by atoms with Gasteiger partial charge in [-0.25, -0.2) is 9.18 Å². The zero-order valence-electron chi connectivity index (χ0n) is 16.4. The van der Waals surface area contributed by atoms with E-state index in [1.807, 2.05) is 11.8 Å². The Kier molecular flexibility index (Phi) is 8.47. The van der Waals surface area contributed by atoms with Gasteiger partial charge in [-0.05, 0) is 26.0 Å². The number of hydrogen-bond acceptors (Lipinski definition) is 5. The van der Waals surface area contributed by atoms with Crippen molar-refractivity contribution in [1.82, 2.24) is 15.1 Å². The van der Waals surface area contributed by atoms with Crippen molar-refractivity contribution in [3.63, 3.8) is 0 Å². The summed E-state index contributed by atoms with van der Waals surface area (Å²) in [5.41, 5.74) is 0.345. The molecule has 1 aliphatic rings. The summed E-state index contributed by atoms with van der Waals surface area (Å²) in [6.45, 7) is 5.57. The Balaban J connectivity index is 2.10. The highest BCUT2D eigenvalue weighted by Crippen LogP contribution is 2.31. The van der Waals surface area contributed by atoms with E-state index >= 15 is 0 Å². The first-order chi connectivity index (χ1) is 13.3. The lowest BCUT2D eigenvalue weighted by Gasteiger charge is -2.38. The Hall–Kier alpha value is -1.90. The van der Waals surface area contributed by atoms with Gasteiger partial charge < -0.3 is 19.7 Å². The second kappa shape index (κ2) is 10.6. The molecule has 1 aliphatic heterocycles. The van der Waals surface area contributed by atoms with E-state index in [-0.39, 0.29) is 31.7 Å². The van der Waals surface area contributed by atoms with Crippen LogP contribution in [0.15, 0.2) is 18.2 Å². The van der Waals surface area contributed by atoms with E-state index in [0.717, 1.165) is 0 Å². The molecule has 0 spiro atoms. The van der Waals surface area contributed by atoms with Gasteiger partial charge in [0.2, 0.25) is 5.91 Å². The van der Waals surface area contributed by atoms with E-state index in [1.165, 1.54) is 18.0 Å². The molecule has 1 fully saturated rings. The summed E-state index contributed by atoms with van der Waals surface area (Å²) in [6, 6.07) is 4.09. The molecule has 0 bridgehead atoms. The van der Waals surface area contributed by atoms with Crippen molar-refractivity contribution in [2.45, 2.75) is 26.0 Å². The van der Waals surface area contributed by atoms with E-state index in [4.69, 9.17) is 21.1 Å². The van der Waals surface area contributed by atoms with Crippen molar-refractivity contribution in [2.75, 3.05) is 46.4 Å². The number of morpholine rings is 1. The highest BCUT2D eigenvalue weighted by atomic mass is 35.5. The summed E-state index contributed by atoms with van der Waals surface area (Å²) in [5, 5.41) is 3.09. The van der Waals surface area contributed by atoms with Crippen LogP contribution >= 0.6 is 11.6 Å². The SMILES string of the molecule is CCOC(=O)N(C)CC(=O)NC[C@@H](c1c(F)cccc1Cl)N1CCO[C@@H](C)C1. The van der Waals surface area contributed by atoms with E-state index in [1.54, 1.807) is 19.1 Å². The van der Waals surface area contributed by atoms with Crippen LogP contribution in [0.3, 0.4) is 0 Å². The van der Waals surface area contributed by atoms with Crippen LogP contribution in [0.5, 0.6) is 0 Å². The normalized spacial score (nSPS) is 18.4. The standard InChI is InChI=1S/C19H27ClFN3O4/c1-4-27-19(26)23(3)12-17(25)22-10-16(24-8-9-28-13(2)11-24)18-14(20)6-5-7-15(18)21/h5-7,13,16H,4,8-12H2,1-3H3,(H,22,25)/t13-,16-/m0/s1. The molecular formula is C19H27ClFN3O4. The van der Waals surface area contributed by atoms with Gasteiger partial charge in [0.15, 0.2) is 0 Å². The van der Waals surface area contributed by atoms with E-state index in [9.17, 15) is 14.0 Å². The van der Waals surface area contributed by atoms with E-state index in [2.05, 4.69) is 5.32 Å². The molecule has 1 aromatic carbocycles. The third-order valence-electron chi connectivity index (χ3n) is 4.50. The van der Waals surface area contributed by atoms with E-state index < -0.39 is 18.0 Å². The van der Waals surface area contributed by atoms with Crippen molar-refractivity contribution in [3.05, 3.63) is 34.6 Å². The Morgan fingerprint density at radius 3 is 2.89 bits per heavy atom. The van der Waals surface area contributed by atoms with Crippen LogP contribution in [0.1, 0.15) is 25.5 Å². The maximum absolute atomic E-state index is 14.6. The lowest BCUT2D eigenvalue weighted by molar-refractivity contribution is -0.122. The summed E-state index contributed by atoms with van der Waals surface area (Å²) in [6.07, 6.45) is -0.583. The Morgan fingerprint density at radius 2 is 2.25 bits per heavy atom. The molecule has 156 valence electrons. The van der Waals surface area contributed by atoms with Crippen molar-refractivity contribution >= 4 is 23.6 Å². The number of nitrogens with one attached hydrogen (secondary N) is 1. The zero-order valence-corrected chi connectivity index (χ0v) is 17.2. The fourth-order valence-electron chi connectivity index (χ4n) is 3.15. The molecule has 2 amide bonds. The van der Waals surface area contributed by atoms with Crippen molar-refractivity contribution in [2.24, 2.45) is 0 Å². The van der Waals surface area contributed by atoms with Gasteiger partial charge in [0.1, 0.15) is 12.4 Å². The molecule has 1 saturated heterocycles. The van der Waals surface area contributed by atoms with E-state index in [0.29, 0.717) is 30.3 Å². The fraction of sp³-hybridized carbons (Fsp3) is 0.579. The van der Waals surface area contributed by atoms with Crippen LogP contribution < -0.4 is 5.32 Å². The molecule has 9 heteroatoms. The first-order valence-corrected chi connectivity index (χ1v) is 9.65. The highest BCUT2D eigenvalue weighted by molar-refractivity contribution is 6.31. The summed E-state index contributed by atoms with van der Waals surface area (Å²) < 4.78 is 25.0. The summed E-state index contributed by atoms with van der Waals surface area (Å²) >= 11 is 6.28. The number of amides is 2. The van der Waals surface area contributed by atoms with Gasteiger partial charge in [-0.1, -0.05) is 17.7 Å². The van der Waals surface area contributed by atoms with Gasteiger partial charge in [0.05, 0.1) is 25.4 Å². The average molecular weight is 416 g/mol. The molecule has 0 saturated carbocycles. The molecule has 2 rings (SSSR count). The molecular weight excluding hydrogens is 389 g/mol. The molecule has 1 N–H and O–H groups in total. The number of nitrogens with zero attached hydrogens (tertiary/aromatic N) is 2. The molecule has 28 heavy (non-hydrogen) atoms. The summed E-state index contributed by atoms with van der Waals surface area (Å²) in [7, 11) is 1.48. The Labute approximate surface area is 169 Å². The minimum Gasteiger partial charge on any atom is -0.450 e. The maximum Gasteiger partial charge on any atom is 0.409 e. The Morgan fingerprint density at radius 1 is 1.50 bits per heavy atom. The maximum atomic E-state index is 14.6. The molecule has 2 atom stereocenters. The lowest BCUT2D eigenvalue weighted by Crippen LogP contribution is -2.48. The second-order valence-electron chi connectivity index (χ2n) is 6.69. The largest absolute Gasteiger partial charge is 0.450 e. The molecule has 0 aliphatic carbocycles. The number of likely N-dealkylation sites (N-methyl/N-ethyl adjacent to an activating group) is 1. The first-order valence-electron chi connectivity index (χ1n) is 9.27.